The van der Waals surface area contributed by atoms with Crippen molar-refractivity contribution in [1.29, 1.82) is 0 Å². The molecule has 1 heterocycles. The summed E-state index contributed by atoms with van der Waals surface area (Å²) in [4.78, 5) is 15.4. The van der Waals surface area contributed by atoms with Crippen molar-refractivity contribution in [1.82, 2.24) is 9.80 Å². The first-order valence-electron chi connectivity index (χ1n) is 6.20. The Morgan fingerprint density at radius 2 is 2.06 bits per heavy atom. The second-order valence-electron chi connectivity index (χ2n) is 4.86. The van der Waals surface area contributed by atoms with Gasteiger partial charge in [-0.2, -0.15) is 0 Å². The van der Waals surface area contributed by atoms with Crippen LogP contribution < -0.4 is 0 Å². The number of rotatable bonds is 5. The van der Waals surface area contributed by atoms with Crippen LogP contribution >= 0.6 is 0 Å². The fourth-order valence-corrected chi connectivity index (χ4v) is 2.36. The van der Waals surface area contributed by atoms with E-state index in [0.717, 1.165) is 32.4 Å². The number of nitrogens with zero attached hydrogens (tertiary/aromatic N) is 2. The first kappa shape index (κ1) is 13.5. The minimum absolute atomic E-state index is 0.184. The largest absolute Gasteiger partial charge is 0.480 e. The fourth-order valence-electron chi connectivity index (χ4n) is 2.36. The van der Waals surface area contributed by atoms with Gasteiger partial charge >= 0.3 is 5.97 Å². The summed E-state index contributed by atoms with van der Waals surface area (Å²) in [5.74, 6) is -0.709. The second-order valence-corrected chi connectivity index (χ2v) is 4.86. The van der Waals surface area contributed by atoms with E-state index >= 15 is 0 Å². The summed E-state index contributed by atoms with van der Waals surface area (Å²) < 4.78 is 0. The molecule has 0 aromatic rings. The monoisotopic (exact) mass is 228 g/mol. The van der Waals surface area contributed by atoms with Gasteiger partial charge in [0.2, 0.25) is 0 Å². The van der Waals surface area contributed by atoms with Crippen LogP contribution in [-0.2, 0) is 4.79 Å². The molecule has 1 saturated heterocycles. The van der Waals surface area contributed by atoms with Crippen LogP contribution in [0.4, 0.5) is 0 Å². The Labute approximate surface area is 98.2 Å². The van der Waals surface area contributed by atoms with Crippen molar-refractivity contribution in [3.8, 4) is 0 Å². The lowest BCUT2D eigenvalue weighted by Crippen LogP contribution is -2.49. The third-order valence-corrected chi connectivity index (χ3v) is 3.63. The molecule has 4 nitrogen and oxygen atoms in total. The lowest BCUT2D eigenvalue weighted by atomic mass is 10.0. The maximum Gasteiger partial charge on any atom is 0.317 e. The molecule has 94 valence electrons. The van der Waals surface area contributed by atoms with E-state index in [4.69, 9.17) is 5.11 Å². The molecule has 0 bridgehead atoms. The predicted molar refractivity (Wildman–Crippen MR) is 64.6 cm³/mol. The molecule has 0 aromatic carbocycles. The predicted octanol–water partition coefficient (Wildman–Crippen LogP) is 1.27. The second kappa shape index (κ2) is 6.21. The average Bonchev–Trinajstić information content (AvgIpc) is 2.26. The van der Waals surface area contributed by atoms with Gasteiger partial charge in [-0.1, -0.05) is 6.92 Å². The molecule has 0 aliphatic carbocycles. The van der Waals surface area contributed by atoms with E-state index in [2.05, 4.69) is 30.7 Å². The van der Waals surface area contributed by atoms with Gasteiger partial charge in [0.25, 0.3) is 0 Å². The first-order valence-corrected chi connectivity index (χ1v) is 6.20. The molecule has 1 rings (SSSR count). The molecule has 1 N–H and O–H groups in total. The van der Waals surface area contributed by atoms with Crippen LogP contribution in [-0.4, -0.2) is 59.6 Å². The highest BCUT2D eigenvalue weighted by Crippen LogP contribution is 2.19. The van der Waals surface area contributed by atoms with Crippen LogP contribution in [0.5, 0.6) is 0 Å². The third-order valence-electron chi connectivity index (χ3n) is 3.63. The van der Waals surface area contributed by atoms with Gasteiger partial charge in [-0.05, 0) is 46.3 Å². The van der Waals surface area contributed by atoms with Crippen LogP contribution in [0.2, 0.25) is 0 Å². The molecule has 1 atom stereocenters. The van der Waals surface area contributed by atoms with Crippen molar-refractivity contribution in [2.75, 3.05) is 26.7 Å². The summed E-state index contributed by atoms with van der Waals surface area (Å²) in [6.45, 7) is 6.59. The molecule has 0 aromatic heterocycles. The van der Waals surface area contributed by atoms with Gasteiger partial charge in [-0.25, -0.2) is 0 Å². The van der Waals surface area contributed by atoms with Crippen LogP contribution in [0.1, 0.15) is 33.1 Å². The van der Waals surface area contributed by atoms with Gasteiger partial charge in [0.05, 0.1) is 6.54 Å². The highest BCUT2D eigenvalue weighted by Gasteiger charge is 2.27. The van der Waals surface area contributed by atoms with Crippen molar-refractivity contribution in [2.24, 2.45) is 0 Å². The molecule has 1 unspecified atom stereocenters. The lowest BCUT2D eigenvalue weighted by Gasteiger charge is -2.39. The topological polar surface area (TPSA) is 43.8 Å². The summed E-state index contributed by atoms with van der Waals surface area (Å²) in [5.41, 5.74) is 0. The highest BCUT2D eigenvalue weighted by atomic mass is 16.4. The summed E-state index contributed by atoms with van der Waals surface area (Å²) in [5, 5.41) is 8.96. The molecular weight excluding hydrogens is 204 g/mol. The highest BCUT2D eigenvalue weighted by molar-refractivity contribution is 5.69. The number of aliphatic carboxylic acids is 1. The van der Waals surface area contributed by atoms with Crippen LogP contribution in [0.25, 0.3) is 0 Å². The fraction of sp³-hybridized carbons (Fsp3) is 0.917. The Hall–Kier alpha value is -0.610. The summed E-state index contributed by atoms with van der Waals surface area (Å²) >= 11 is 0. The molecule has 1 aliphatic rings. The van der Waals surface area contributed by atoms with E-state index < -0.39 is 5.97 Å². The zero-order valence-corrected chi connectivity index (χ0v) is 10.6. The minimum Gasteiger partial charge on any atom is -0.480 e. The van der Waals surface area contributed by atoms with Crippen molar-refractivity contribution < 1.29 is 9.90 Å². The lowest BCUT2D eigenvalue weighted by molar-refractivity contribution is -0.140. The van der Waals surface area contributed by atoms with E-state index in [1.165, 1.54) is 0 Å². The standard InChI is InChI=1S/C12H24N2O2/c1-4-10(2)14(9-12(15)16)11-5-7-13(3)8-6-11/h10-11H,4-9H2,1-3H3,(H,15,16). The Balaban J connectivity index is 2.57. The molecule has 1 aliphatic heterocycles. The van der Waals surface area contributed by atoms with E-state index in [9.17, 15) is 4.79 Å². The van der Waals surface area contributed by atoms with Gasteiger partial charge in [-0.15, -0.1) is 0 Å². The minimum atomic E-state index is -0.709. The number of hydrogen-bond acceptors (Lipinski definition) is 3. The molecule has 16 heavy (non-hydrogen) atoms. The molecule has 0 radical (unpaired) electrons. The van der Waals surface area contributed by atoms with Crippen LogP contribution in [0, 0.1) is 0 Å². The number of hydrogen-bond donors (Lipinski definition) is 1. The van der Waals surface area contributed by atoms with Crippen molar-refractivity contribution in [3.05, 3.63) is 0 Å². The smallest absolute Gasteiger partial charge is 0.317 e. The molecule has 1 fully saturated rings. The number of carbonyl (C=O) groups is 1. The van der Waals surface area contributed by atoms with E-state index in [-0.39, 0.29) is 6.54 Å². The van der Waals surface area contributed by atoms with Gasteiger partial charge in [0.15, 0.2) is 0 Å². The number of carboxylic acids is 1. The maximum absolute atomic E-state index is 10.9. The molecule has 0 saturated carbocycles. The molecular formula is C12H24N2O2. The van der Waals surface area contributed by atoms with Crippen molar-refractivity contribution >= 4 is 5.97 Å². The van der Waals surface area contributed by atoms with Gasteiger partial charge in [0, 0.05) is 12.1 Å². The molecule has 0 spiro atoms. The van der Waals surface area contributed by atoms with Crippen LogP contribution in [0.15, 0.2) is 0 Å². The third kappa shape index (κ3) is 3.76. The number of likely N-dealkylation sites (tertiary alicyclic amines) is 1. The zero-order valence-electron chi connectivity index (χ0n) is 10.6. The Bertz CT molecular complexity index is 225. The normalized spacial score (nSPS) is 21.2. The average molecular weight is 228 g/mol. The Kier molecular flexibility index (Phi) is 5.22. The number of piperidine rings is 1. The molecule has 0 amide bonds. The van der Waals surface area contributed by atoms with E-state index in [1.54, 1.807) is 0 Å². The number of carboxylic acid groups (broad SMARTS) is 1. The molecule has 4 heteroatoms. The Morgan fingerprint density at radius 1 is 1.50 bits per heavy atom. The van der Waals surface area contributed by atoms with E-state index in [1.807, 2.05) is 0 Å². The zero-order chi connectivity index (χ0) is 12.1. The SMILES string of the molecule is CCC(C)N(CC(=O)O)C1CCN(C)CC1. The first-order chi connectivity index (χ1) is 7.54. The summed E-state index contributed by atoms with van der Waals surface area (Å²) in [6, 6.07) is 0.812. The van der Waals surface area contributed by atoms with Crippen molar-refractivity contribution in [3.63, 3.8) is 0 Å². The van der Waals surface area contributed by atoms with Gasteiger partial charge < -0.3 is 10.0 Å². The van der Waals surface area contributed by atoms with Gasteiger partial charge in [0.1, 0.15) is 0 Å². The quantitative estimate of drug-likeness (QED) is 0.769. The summed E-state index contributed by atoms with van der Waals surface area (Å²) in [6.07, 6.45) is 3.20. The maximum atomic E-state index is 10.9. The Morgan fingerprint density at radius 3 is 2.50 bits per heavy atom. The van der Waals surface area contributed by atoms with Crippen LogP contribution in [0.3, 0.4) is 0 Å². The van der Waals surface area contributed by atoms with Gasteiger partial charge in [-0.3, -0.25) is 9.69 Å². The van der Waals surface area contributed by atoms with E-state index in [0.29, 0.717) is 12.1 Å². The summed E-state index contributed by atoms with van der Waals surface area (Å²) in [7, 11) is 2.13. The van der Waals surface area contributed by atoms with Crippen molar-refractivity contribution in [2.45, 2.75) is 45.2 Å².